The van der Waals surface area contributed by atoms with Crippen molar-refractivity contribution in [1.82, 2.24) is 19.7 Å². The molecule has 0 aliphatic carbocycles. The first-order chi connectivity index (χ1) is 21.9. The van der Waals surface area contributed by atoms with Crippen molar-refractivity contribution in [3.8, 4) is 17.2 Å². The number of carbonyl (C=O) groups is 1. The van der Waals surface area contributed by atoms with Crippen molar-refractivity contribution in [2.45, 2.75) is 51.7 Å². The van der Waals surface area contributed by atoms with E-state index >= 15 is 0 Å². The molecule has 0 radical (unpaired) electrons. The Morgan fingerprint density at radius 1 is 0.978 bits per heavy atom. The molecule has 9 nitrogen and oxygen atoms in total. The van der Waals surface area contributed by atoms with Gasteiger partial charge in [-0.15, -0.1) is 0 Å². The molecule has 1 saturated heterocycles. The molecular weight excluding hydrogens is 576 g/mol. The number of benzene rings is 3. The Morgan fingerprint density at radius 3 is 2.39 bits per heavy atom. The maximum atomic E-state index is 13.6. The molecule has 46 heavy (non-hydrogen) atoms. The van der Waals surface area contributed by atoms with Crippen LogP contribution in [-0.2, 0) is 18.5 Å². The molecule has 4 aromatic rings. The van der Waals surface area contributed by atoms with E-state index in [9.17, 15) is 4.79 Å². The molecule has 9 heteroatoms. The van der Waals surface area contributed by atoms with Gasteiger partial charge in [-0.25, -0.2) is 4.79 Å². The van der Waals surface area contributed by atoms with Gasteiger partial charge in [0.2, 0.25) is 0 Å². The lowest BCUT2D eigenvalue weighted by Gasteiger charge is -2.26. The van der Waals surface area contributed by atoms with E-state index in [4.69, 9.17) is 9.47 Å². The topological polar surface area (TPSA) is 82.2 Å². The smallest absolute Gasteiger partial charge is 0.323 e. The highest BCUT2D eigenvalue weighted by atomic mass is 16.5. The number of amides is 2. The number of hydrogen-bond donors (Lipinski definition) is 2. The van der Waals surface area contributed by atoms with Crippen molar-refractivity contribution in [3.05, 3.63) is 83.7 Å². The summed E-state index contributed by atoms with van der Waals surface area (Å²) in [7, 11) is 9.97. The summed E-state index contributed by atoms with van der Waals surface area (Å²) in [5.41, 5.74) is 4.36. The summed E-state index contributed by atoms with van der Waals surface area (Å²) in [4.78, 5) is 24.9. The highest BCUT2D eigenvalue weighted by Crippen LogP contribution is 2.38. The summed E-state index contributed by atoms with van der Waals surface area (Å²) in [5, 5.41) is 7.96. The minimum Gasteiger partial charge on any atom is -0.494 e. The maximum Gasteiger partial charge on any atom is 0.323 e. The molecule has 244 valence electrons. The number of methoxy groups -OCH3 is 1. The molecule has 2 heterocycles. The van der Waals surface area contributed by atoms with Crippen LogP contribution >= 0.6 is 0 Å². The number of fused-ring (bicyclic) bond motifs is 1. The largest absolute Gasteiger partial charge is 0.494 e. The van der Waals surface area contributed by atoms with E-state index in [-0.39, 0.29) is 11.4 Å². The molecule has 5 rings (SSSR count). The predicted octanol–water partition coefficient (Wildman–Crippen LogP) is 7.17. The number of urea groups is 1. The Morgan fingerprint density at radius 2 is 1.72 bits per heavy atom. The first-order valence-electron chi connectivity index (χ1n) is 15.9. The van der Waals surface area contributed by atoms with Gasteiger partial charge in [0.25, 0.3) is 0 Å². The fourth-order valence-electron chi connectivity index (χ4n) is 5.99. The number of aromatic nitrogens is 1. The van der Waals surface area contributed by atoms with Crippen LogP contribution in [0.2, 0.25) is 0 Å². The molecule has 1 fully saturated rings. The highest BCUT2D eigenvalue weighted by molar-refractivity contribution is 6.08. The minimum atomic E-state index is -0.342. The zero-order chi connectivity index (χ0) is 33.0. The van der Waals surface area contributed by atoms with Gasteiger partial charge in [-0.1, -0.05) is 51.1 Å². The molecule has 2 amide bonds. The van der Waals surface area contributed by atoms with Gasteiger partial charge in [0.1, 0.15) is 17.2 Å². The first-order valence-corrected chi connectivity index (χ1v) is 15.9. The third-order valence-corrected chi connectivity index (χ3v) is 8.48. The molecule has 0 saturated carbocycles. The molecule has 1 aliphatic rings. The van der Waals surface area contributed by atoms with Gasteiger partial charge in [0.15, 0.2) is 0 Å². The van der Waals surface area contributed by atoms with Crippen LogP contribution < -0.4 is 20.1 Å². The quantitative estimate of drug-likeness (QED) is 0.194. The van der Waals surface area contributed by atoms with E-state index in [0.29, 0.717) is 34.7 Å². The Labute approximate surface area is 273 Å². The number of nitrogens with one attached hydrogen (secondary N) is 2. The molecular formula is C37H48N6O3. The lowest BCUT2D eigenvalue weighted by molar-refractivity contribution is 0.261. The summed E-state index contributed by atoms with van der Waals surface area (Å²) in [5.74, 6) is 2.10. The monoisotopic (exact) mass is 624 g/mol. The fraction of sp³-hybridized carbons (Fsp3) is 0.405. The standard InChI is InChI=1S/C37H48N6O3/c1-37(2,3)26-19-25(22-43-18-16-28(24-43)42(6)7)35(45-8)33(20-26)40-36(44)39-32-13-14-34(31-12-10-9-11-30(31)32)46-29-15-17-38-27(21-29)23-41(4)5/h9-15,17,19-21,28H,16,18,22-24H2,1-8H3,(H2,39,40,44). The number of pyridine rings is 1. The van der Waals surface area contributed by atoms with Crippen molar-refractivity contribution < 1.29 is 14.3 Å². The summed E-state index contributed by atoms with van der Waals surface area (Å²) in [6.07, 6.45) is 2.90. The van der Waals surface area contributed by atoms with Gasteiger partial charge in [-0.05, 0) is 69.9 Å². The number of carbonyl (C=O) groups excluding carboxylic acids is 1. The Hall–Kier alpha value is -4.18. The minimum absolute atomic E-state index is 0.112. The Kier molecular flexibility index (Phi) is 10.2. The lowest BCUT2D eigenvalue weighted by atomic mass is 9.85. The number of likely N-dealkylation sites (N-methyl/N-ethyl adjacent to an activating group) is 1. The average Bonchev–Trinajstić information content (AvgIpc) is 3.47. The van der Waals surface area contributed by atoms with E-state index in [1.807, 2.05) is 68.7 Å². The fourth-order valence-corrected chi connectivity index (χ4v) is 5.99. The van der Waals surface area contributed by atoms with Gasteiger partial charge in [-0.2, -0.15) is 0 Å². The molecule has 1 aromatic heterocycles. The summed E-state index contributed by atoms with van der Waals surface area (Å²) in [6.45, 7) is 10.1. The van der Waals surface area contributed by atoms with Gasteiger partial charge >= 0.3 is 6.03 Å². The van der Waals surface area contributed by atoms with Crippen molar-refractivity contribution in [2.24, 2.45) is 0 Å². The van der Waals surface area contributed by atoms with Gasteiger partial charge < -0.3 is 29.9 Å². The van der Waals surface area contributed by atoms with Crippen molar-refractivity contribution in [2.75, 3.05) is 59.0 Å². The summed E-state index contributed by atoms with van der Waals surface area (Å²) in [6, 6.07) is 19.9. The van der Waals surface area contributed by atoms with E-state index in [1.54, 1.807) is 13.3 Å². The molecule has 1 aliphatic heterocycles. The second kappa shape index (κ2) is 14.1. The van der Waals surface area contributed by atoms with Crippen LogP contribution in [0.1, 0.15) is 44.0 Å². The van der Waals surface area contributed by atoms with Crippen molar-refractivity contribution in [3.63, 3.8) is 0 Å². The van der Waals surface area contributed by atoms with E-state index < -0.39 is 0 Å². The number of anilines is 2. The van der Waals surface area contributed by atoms with E-state index in [2.05, 4.69) is 71.3 Å². The summed E-state index contributed by atoms with van der Waals surface area (Å²) < 4.78 is 12.3. The van der Waals surface area contributed by atoms with Crippen molar-refractivity contribution >= 4 is 28.2 Å². The number of rotatable bonds is 10. The molecule has 2 N–H and O–H groups in total. The zero-order valence-corrected chi connectivity index (χ0v) is 28.5. The SMILES string of the molecule is COc1c(CN2CCC(N(C)C)C2)cc(C(C)(C)C)cc1NC(=O)Nc1ccc(Oc2ccnc(CN(C)C)c2)c2ccccc12. The van der Waals surface area contributed by atoms with Crippen molar-refractivity contribution in [1.29, 1.82) is 0 Å². The highest BCUT2D eigenvalue weighted by Gasteiger charge is 2.27. The third kappa shape index (κ3) is 7.96. The number of hydrogen-bond acceptors (Lipinski definition) is 7. The van der Waals surface area contributed by atoms with Gasteiger partial charge in [0.05, 0.1) is 24.2 Å². The Balaban J connectivity index is 1.39. The zero-order valence-electron chi connectivity index (χ0n) is 28.5. The first kappa shape index (κ1) is 33.2. The lowest BCUT2D eigenvalue weighted by Crippen LogP contribution is -2.31. The molecule has 1 unspecified atom stereocenters. The molecule has 0 bridgehead atoms. The number of ether oxygens (including phenoxy) is 2. The van der Waals surface area contributed by atoms with Gasteiger partial charge in [0, 0.05) is 60.8 Å². The average molecular weight is 625 g/mol. The van der Waals surface area contributed by atoms with Crippen LogP contribution in [0.25, 0.3) is 10.8 Å². The third-order valence-electron chi connectivity index (χ3n) is 8.48. The van der Waals surface area contributed by atoms with Crippen LogP contribution in [0.3, 0.4) is 0 Å². The molecule has 1 atom stereocenters. The van der Waals surface area contributed by atoms with E-state index in [0.717, 1.165) is 60.2 Å². The normalized spacial score (nSPS) is 15.5. The van der Waals surface area contributed by atoms with Crippen LogP contribution in [0.15, 0.2) is 66.9 Å². The Bertz CT molecular complexity index is 1680. The van der Waals surface area contributed by atoms with E-state index in [1.165, 1.54) is 0 Å². The molecule has 0 spiro atoms. The predicted molar refractivity (Wildman–Crippen MR) is 187 cm³/mol. The maximum absolute atomic E-state index is 13.6. The number of nitrogens with zero attached hydrogens (tertiary/aromatic N) is 4. The number of likely N-dealkylation sites (tertiary alicyclic amines) is 1. The second-order valence-electron chi connectivity index (χ2n) is 13.7. The van der Waals surface area contributed by atoms with Gasteiger partial charge in [-0.3, -0.25) is 9.88 Å². The van der Waals surface area contributed by atoms with Crippen LogP contribution in [0, 0.1) is 0 Å². The second-order valence-corrected chi connectivity index (χ2v) is 13.7. The molecule has 3 aromatic carbocycles. The van der Waals surface area contributed by atoms with Crippen LogP contribution in [0.5, 0.6) is 17.2 Å². The van der Waals surface area contributed by atoms with Crippen LogP contribution in [0.4, 0.5) is 16.2 Å². The van der Waals surface area contributed by atoms with Crippen LogP contribution in [-0.4, -0.2) is 80.1 Å². The summed E-state index contributed by atoms with van der Waals surface area (Å²) >= 11 is 0.